The summed E-state index contributed by atoms with van der Waals surface area (Å²) < 4.78 is 12.0. The molecule has 0 saturated heterocycles. The Hall–Kier alpha value is -3.28. The summed E-state index contributed by atoms with van der Waals surface area (Å²) in [5.41, 5.74) is 2.72. The molecule has 1 amide bonds. The zero-order valence-electron chi connectivity index (χ0n) is 18.2. The summed E-state index contributed by atoms with van der Waals surface area (Å²) in [5, 5.41) is 4.06. The van der Waals surface area contributed by atoms with Gasteiger partial charge in [0.2, 0.25) is 11.2 Å². The van der Waals surface area contributed by atoms with Crippen LogP contribution in [0.15, 0.2) is 69.9 Å². The first kappa shape index (κ1) is 22.9. The Morgan fingerprint density at radius 1 is 1.00 bits per heavy atom. The van der Waals surface area contributed by atoms with Crippen molar-refractivity contribution < 1.29 is 13.9 Å². The van der Waals surface area contributed by atoms with Crippen molar-refractivity contribution in [3.8, 4) is 17.1 Å². The van der Waals surface area contributed by atoms with Crippen LogP contribution in [-0.4, -0.2) is 12.0 Å². The van der Waals surface area contributed by atoms with Gasteiger partial charge in [0.15, 0.2) is 11.9 Å². The molecule has 3 aromatic carbocycles. The van der Waals surface area contributed by atoms with Crippen LogP contribution in [0.3, 0.4) is 0 Å². The van der Waals surface area contributed by atoms with Crippen molar-refractivity contribution in [3.05, 3.63) is 92.1 Å². The lowest BCUT2D eigenvalue weighted by Gasteiger charge is -2.18. The van der Waals surface area contributed by atoms with Crippen molar-refractivity contribution in [1.29, 1.82) is 0 Å². The Kier molecular flexibility index (Phi) is 6.45. The van der Waals surface area contributed by atoms with Gasteiger partial charge >= 0.3 is 0 Å². The van der Waals surface area contributed by atoms with Crippen molar-refractivity contribution in [2.45, 2.75) is 26.9 Å². The Bertz CT molecular complexity index is 1410. The van der Waals surface area contributed by atoms with Gasteiger partial charge in [-0.05, 0) is 56.2 Å². The van der Waals surface area contributed by atoms with Crippen molar-refractivity contribution in [1.82, 2.24) is 0 Å². The second kappa shape index (κ2) is 9.30. The van der Waals surface area contributed by atoms with Gasteiger partial charge in [0.05, 0.1) is 5.39 Å². The largest absolute Gasteiger partial charge is 0.473 e. The zero-order valence-corrected chi connectivity index (χ0v) is 19.8. The topological polar surface area (TPSA) is 68.5 Å². The highest BCUT2D eigenvalue weighted by molar-refractivity contribution is 6.32. The maximum atomic E-state index is 13.4. The molecule has 0 saturated carbocycles. The van der Waals surface area contributed by atoms with E-state index in [-0.39, 0.29) is 16.9 Å². The third-order valence-corrected chi connectivity index (χ3v) is 6.17. The summed E-state index contributed by atoms with van der Waals surface area (Å²) in [6.07, 6.45) is -0.993. The van der Waals surface area contributed by atoms with E-state index in [1.165, 1.54) is 0 Å². The van der Waals surface area contributed by atoms with Crippen LogP contribution in [0.5, 0.6) is 5.75 Å². The number of fused-ring (bicyclic) bond motifs is 1. The molecule has 4 rings (SSSR count). The van der Waals surface area contributed by atoms with Gasteiger partial charge in [-0.2, -0.15) is 0 Å². The van der Waals surface area contributed by atoms with Crippen molar-refractivity contribution in [2.24, 2.45) is 0 Å². The van der Waals surface area contributed by atoms with Gasteiger partial charge in [0.1, 0.15) is 5.58 Å². The summed E-state index contributed by atoms with van der Waals surface area (Å²) in [6.45, 7) is 5.20. The molecule has 1 atom stereocenters. The van der Waals surface area contributed by atoms with Crippen LogP contribution in [0.1, 0.15) is 18.1 Å². The lowest BCUT2D eigenvalue weighted by Crippen LogP contribution is -2.32. The SMILES string of the molecule is Cc1cc2oc(-c3ccccc3)c(OC(C)C(=O)Nc3cccc(Cl)c3C)c(=O)c2cc1Cl. The number of nitrogens with one attached hydrogen (secondary N) is 1. The number of hydrogen-bond donors (Lipinski definition) is 1. The number of amides is 1. The molecule has 7 heteroatoms. The molecule has 5 nitrogen and oxygen atoms in total. The van der Waals surface area contributed by atoms with E-state index in [0.29, 0.717) is 26.9 Å². The maximum absolute atomic E-state index is 13.4. The highest BCUT2D eigenvalue weighted by Gasteiger charge is 2.24. The zero-order chi connectivity index (χ0) is 23.7. The normalized spacial score (nSPS) is 11.9. The lowest BCUT2D eigenvalue weighted by atomic mass is 10.1. The van der Waals surface area contributed by atoms with Gasteiger partial charge in [-0.3, -0.25) is 9.59 Å². The van der Waals surface area contributed by atoms with Crippen LogP contribution < -0.4 is 15.5 Å². The quantitative estimate of drug-likeness (QED) is 0.340. The minimum absolute atomic E-state index is 0.0564. The van der Waals surface area contributed by atoms with Crippen LogP contribution in [0.2, 0.25) is 10.0 Å². The lowest BCUT2D eigenvalue weighted by molar-refractivity contribution is -0.122. The molecular formula is C26H21Cl2NO4. The second-order valence-electron chi connectivity index (χ2n) is 7.71. The highest BCUT2D eigenvalue weighted by atomic mass is 35.5. The molecule has 1 aromatic heterocycles. The van der Waals surface area contributed by atoms with Crippen molar-refractivity contribution in [3.63, 3.8) is 0 Å². The molecule has 1 N–H and O–H groups in total. The molecule has 0 radical (unpaired) electrons. The Morgan fingerprint density at radius 3 is 2.45 bits per heavy atom. The van der Waals surface area contributed by atoms with Crippen LogP contribution in [0.25, 0.3) is 22.3 Å². The van der Waals surface area contributed by atoms with Gasteiger partial charge in [-0.25, -0.2) is 0 Å². The molecule has 1 unspecified atom stereocenters. The molecule has 168 valence electrons. The third-order valence-electron chi connectivity index (χ3n) is 5.36. The molecule has 0 spiro atoms. The minimum Gasteiger partial charge on any atom is -0.473 e. The average molecular weight is 482 g/mol. The van der Waals surface area contributed by atoms with Gasteiger partial charge in [-0.1, -0.05) is 59.6 Å². The van der Waals surface area contributed by atoms with Gasteiger partial charge in [0, 0.05) is 21.3 Å². The van der Waals surface area contributed by atoms with E-state index >= 15 is 0 Å². The molecule has 1 heterocycles. The summed E-state index contributed by atoms with van der Waals surface area (Å²) in [5.74, 6) is -0.242. The molecule has 33 heavy (non-hydrogen) atoms. The molecule has 0 fully saturated rings. The number of aryl methyl sites for hydroxylation is 1. The number of carbonyl (C=O) groups excluding carboxylic acids is 1. The fourth-order valence-corrected chi connectivity index (χ4v) is 3.73. The minimum atomic E-state index is -0.993. The maximum Gasteiger partial charge on any atom is 0.265 e. The van der Waals surface area contributed by atoms with E-state index in [4.69, 9.17) is 32.4 Å². The van der Waals surface area contributed by atoms with Gasteiger partial charge in [-0.15, -0.1) is 0 Å². The summed E-state index contributed by atoms with van der Waals surface area (Å²) in [7, 11) is 0. The average Bonchev–Trinajstić information content (AvgIpc) is 2.80. The fourth-order valence-electron chi connectivity index (χ4n) is 3.39. The van der Waals surface area contributed by atoms with E-state index in [2.05, 4.69) is 5.32 Å². The summed E-state index contributed by atoms with van der Waals surface area (Å²) in [6, 6.07) is 17.6. The van der Waals surface area contributed by atoms with E-state index in [1.54, 1.807) is 56.3 Å². The first-order valence-electron chi connectivity index (χ1n) is 10.3. The van der Waals surface area contributed by atoms with Crippen LogP contribution in [-0.2, 0) is 4.79 Å². The highest BCUT2D eigenvalue weighted by Crippen LogP contribution is 2.33. The van der Waals surface area contributed by atoms with Crippen molar-refractivity contribution in [2.75, 3.05) is 5.32 Å². The first-order valence-corrected chi connectivity index (χ1v) is 11.1. The van der Waals surface area contributed by atoms with Crippen molar-refractivity contribution >= 4 is 45.8 Å². The van der Waals surface area contributed by atoms with E-state index in [1.807, 2.05) is 25.1 Å². The van der Waals surface area contributed by atoms with Crippen LogP contribution >= 0.6 is 23.2 Å². The smallest absolute Gasteiger partial charge is 0.265 e. The number of ether oxygens (including phenoxy) is 1. The summed E-state index contributed by atoms with van der Waals surface area (Å²) >= 11 is 12.4. The fraction of sp³-hybridized carbons (Fsp3) is 0.154. The standard InChI is InChI=1S/C26H21Cl2NO4/c1-14-12-22-18(13-20(14)28)23(30)25(24(33-22)17-8-5-4-6-9-17)32-16(3)26(31)29-21-11-7-10-19(27)15(21)2/h4-13,16H,1-3H3,(H,29,31). The van der Waals surface area contributed by atoms with E-state index < -0.39 is 17.4 Å². The Labute approximate surface area is 200 Å². The molecule has 0 aliphatic rings. The molecular weight excluding hydrogens is 461 g/mol. The number of anilines is 1. The number of rotatable bonds is 5. The van der Waals surface area contributed by atoms with E-state index in [9.17, 15) is 9.59 Å². The molecule has 4 aromatic rings. The van der Waals surface area contributed by atoms with Gasteiger partial charge < -0.3 is 14.5 Å². The van der Waals surface area contributed by atoms with E-state index in [0.717, 1.165) is 11.1 Å². The Morgan fingerprint density at radius 2 is 1.73 bits per heavy atom. The first-order chi connectivity index (χ1) is 15.8. The predicted octanol–water partition coefficient (Wildman–Crippen LogP) is 6.79. The number of hydrogen-bond acceptors (Lipinski definition) is 4. The Balaban J connectivity index is 1.76. The number of halogens is 2. The molecule has 0 bridgehead atoms. The van der Waals surface area contributed by atoms with Crippen LogP contribution in [0.4, 0.5) is 5.69 Å². The van der Waals surface area contributed by atoms with Gasteiger partial charge in [0.25, 0.3) is 5.91 Å². The predicted molar refractivity (Wildman–Crippen MR) is 133 cm³/mol. The molecule has 0 aliphatic heterocycles. The van der Waals surface area contributed by atoms with Crippen LogP contribution in [0, 0.1) is 13.8 Å². The summed E-state index contributed by atoms with van der Waals surface area (Å²) in [4.78, 5) is 26.3. The number of benzene rings is 3. The molecule has 0 aliphatic carbocycles. The number of carbonyl (C=O) groups is 1. The monoisotopic (exact) mass is 481 g/mol. The third kappa shape index (κ3) is 4.61. The second-order valence-corrected chi connectivity index (χ2v) is 8.53.